The Morgan fingerprint density at radius 1 is 1.36 bits per heavy atom. The standard InChI is InChI=1S/C10H22O2Si2/c1-10(12-13(2,3)4)14(5)9-7-6-8-11-14/h1,6-9H2,2-5H3. The van der Waals surface area contributed by atoms with Gasteiger partial charge in [0.1, 0.15) is 0 Å². The molecule has 0 amide bonds. The molecule has 1 aliphatic rings. The SMILES string of the molecule is C=C(O[Si](C)(C)C)[Si]1(C)CCCCO1. The van der Waals surface area contributed by atoms with Crippen molar-refractivity contribution in [3.63, 3.8) is 0 Å². The summed E-state index contributed by atoms with van der Waals surface area (Å²) < 4.78 is 11.9. The zero-order chi connectivity index (χ0) is 10.8. The Labute approximate surface area is 89.6 Å². The van der Waals surface area contributed by atoms with Crippen LogP contribution in [0.3, 0.4) is 0 Å². The molecule has 0 aromatic rings. The summed E-state index contributed by atoms with van der Waals surface area (Å²) in [7, 11) is -3.23. The van der Waals surface area contributed by atoms with E-state index < -0.39 is 16.6 Å². The molecule has 2 nitrogen and oxygen atoms in total. The molecule has 4 heteroatoms. The number of rotatable bonds is 3. The van der Waals surface area contributed by atoms with Crippen molar-refractivity contribution in [1.82, 2.24) is 0 Å². The lowest BCUT2D eigenvalue weighted by Gasteiger charge is -2.35. The molecule has 0 saturated carbocycles. The van der Waals surface area contributed by atoms with Crippen LogP contribution in [0.15, 0.2) is 12.0 Å². The Morgan fingerprint density at radius 2 is 2.00 bits per heavy atom. The maximum atomic E-state index is 5.96. The minimum atomic E-state index is -1.73. The van der Waals surface area contributed by atoms with Crippen LogP contribution in [0, 0.1) is 0 Å². The minimum absolute atomic E-state index is 0.900. The monoisotopic (exact) mass is 230 g/mol. The first-order chi connectivity index (χ1) is 6.33. The van der Waals surface area contributed by atoms with Crippen LogP contribution < -0.4 is 0 Å². The van der Waals surface area contributed by atoms with Crippen LogP contribution in [-0.4, -0.2) is 23.2 Å². The van der Waals surface area contributed by atoms with Gasteiger partial charge in [0.05, 0.1) is 5.38 Å². The molecule has 0 radical (unpaired) electrons. The van der Waals surface area contributed by atoms with Crippen molar-refractivity contribution in [2.75, 3.05) is 6.61 Å². The van der Waals surface area contributed by atoms with Crippen molar-refractivity contribution < 1.29 is 8.85 Å². The van der Waals surface area contributed by atoms with Crippen LogP contribution in [0.2, 0.25) is 32.2 Å². The summed E-state index contributed by atoms with van der Waals surface area (Å²) in [6.45, 7) is 13.8. The van der Waals surface area contributed by atoms with Crippen molar-refractivity contribution in [1.29, 1.82) is 0 Å². The fourth-order valence-corrected chi connectivity index (χ4v) is 6.26. The fourth-order valence-electron chi connectivity index (χ4n) is 1.63. The van der Waals surface area contributed by atoms with E-state index in [0.29, 0.717) is 0 Å². The quantitative estimate of drug-likeness (QED) is 0.547. The normalized spacial score (nSPS) is 28.6. The lowest BCUT2D eigenvalue weighted by atomic mass is 10.4. The summed E-state index contributed by atoms with van der Waals surface area (Å²) in [5.74, 6) is 0. The second-order valence-electron chi connectivity index (χ2n) is 5.17. The Morgan fingerprint density at radius 3 is 2.43 bits per heavy atom. The van der Waals surface area contributed by atoms with Crippen molar-refractivity contribution in [3.05, 3.63) is 12.0 Å². The molecule has 0 bridgehead atoms. The van der Waals surface area contributed by atoms with Gasteiger partial charge >= 0.3 is 0 Å². The van der Waals surface area contributed by atoms with Gasteiger partial charge in [-0.05, 0) is 38.7 Å². The molecule has 0 aliphatic carbocycles. The first-order valence-corrected chi connectivity index (χ1v) is 11.4. The summed E-state index contributed by atoms with van der Waals surface area (Å²) in [6.07, 6.45) is 2.47. The predicted octanol–water partition coefficient (Wildman–Crippen LogP) is 3.28. The Balaban J connectivity index is 2.58. The lowest BCUT2D eigenvalue weighted by molar-refractivity contribution is 0.261. The predicted molar refractivity (Wildman–Crippen MR) is 65.2 cm³/mol. The molecule has 0 N–H and O–H groups in total. The highest BCUT2D eigenvalue weighted by atomic mass is 28.4. The molecule has 1 aliphatic heterocycles. The van der Waals surface area contributed by atoms with Gasteiger partial charge in [-0.3, -0.25) is 0 Å². The molecule has 1 heterocycles. The van der Waals surface area contributed by atoms with E-state index in [1.807, 2.05) is 0 Å². The highest BCUT2D eigenvalue weighted by Crippen LogP contribution is 2.29. The Hall–Kier alpha value is -0.0662. The molecule has 14 heavy (non-hydrogen) atoms. The van der Waals surface area contributed by atoms with Gasteiger partial charge in [0.15, 0.2) is 0 Å². The smallest absolute Gasteiger partial charge is 0.256 e. The van der Waals surface area contributed by atoms with E-state index in [0.717, 1.165) is 12.0 Å². The highest BCUT2D eigenvalue weighted by Gasteiger charge is 2.38. The molecule has 0 aromatic carbocycles. The second kappa shape index (κ2) is 4.20. The molecule has 0 aromatic heterocycles. The summed E-state index contributed by atoms with van der Waals surface area (Å²) in [5.41, 5.74) is 0. The molecule has 0 spiro atoms. The summed E-state index contributed by atoms with van der Waals surface area (Å²) in [4.78, 5) is 0. The maximum absolute atomic E-state index is 5.96. The van der Waals surface area contributed by atoms with Crippen molar-refractivity contribution in [2.45, 2.75) is 45.1 Å². The van der Waals surface area contributed by atoms with Gasteiger partial charge in [0, 0.05) is 6.61 Å². The highest BCUT2D eigenvalue weighted by molar-refractivity contribution is 6.81. The molecule has 1 fully saturated rings. The van der Waals surface area contributed by atoms with Gasteiger partial charge in [-0.2, -0.15) is 0 Å². The van der Waals surface area contributed by atoms with Crippen LogP contribution in [0.25, 0.3) is 0 Å². The van der Waals surface area contributed by atoms with Gasteiger partial charge < -0.3 is 8.85 Å². The Kier molecular flexibility index (Phi) is 3.60. The summed E-state index contributed by atoms with van der Waals surface area (Å²) >= 11 is 0. The molecule has 1 saturated heterocycles. The zero-order valence-corrected chi connectivity index (χ0v) is 11.9. The first-order valence-electron chi connectivity index (χ1n) is 5.36. The van der Waals surface area contributed by atoms with Gasteiger partial charge in [-0.25, -0.2) is 0 Å². The zero-order valence-electron chi connectivity index (χ0n) is 9.85. The van der Waals surface area contributed by atoms with Crippen LogP contribution in [0.5, 0.6) is 0 Å². The summed E-state index contributed by atoms with van der Waals surface area (Å²) in [6, 6.07) is 1.18. The third kappa shape index (κ3) is 3.26. The van der Waals surface area contributed by atoms with E-state index in [4.69, 9.17) is 8.85 Å². The molecule has 1 unspecified atom stereocenters. The topological polar surface area (TPSA) is 18.5 Å². The lowest BCUT2D eigenvalue weighted by Crippen LogP contribution is -2.44. The van der Waals surface area contributed by atoms with Gasteiger partial charge in [0.25, 0.3) is 8.32 Å². The van der Waals surface area contributed by atoms with Gasteiger partial charge in [-0.1, -0.05) is 13.0 Å². The molecule has 82 valence electrons. The fraction of sp³-hybridized carbons (Fsp3) is 0.800. The third-order valence-corrected chi connectivity index (χ3v) is 6.98. The van der Waals surface area contributed by atoms with E-state index in [9.17, 15) is 0 Å². The van der Waals surface area contributed by atoms with E-state index in [-0.39, 0.29) is 0 Å². The van der Waals surface area contributed by atoms with Crippen LogP contribution in [-0.2, 0) is 8.85 Å². The van der Waals surface area contributed by atoms with Crippen LogP contribution in [0.4, 0.5) is 0 Å². The summed E-state index contributed by atoms with van der Waals surface area (Å²) in [5, 5.41) is 0.969. The van der Waals surface area contributed by atoms with E-state index >= 15 is 0 Å². The average Bonchev–Trinajstić information content (AvgIpc) is 2.02. The van der Waals surface area contributed by atoms with E-state index in [2.05, 4.69) is 32.8 Å². The molecular weight excluding hydrogens is 208 g/mol. The van der Waals surface area contributed by atoms with Gasteiger partial charge in [0.2, 0.25) is 8.32 Å². The van der Waals surface area contributed by atoms with E-state index in [1.165, 1.54) is 18.9 Å². The third-order valence-electron chi connectivity index (χ3n) is 2.49. The van der Waals surface area contributed by atoms with Crippen LogP contribution >= 0.6 is 0 Å². The first kappa shape index (κ1) is 12.0. The second-order valence-corrected chi connectivity index (χ2v) is 13.4. The maximum Gasteiger partial charge on any atom is 0.256 e. The number of hydrogen-bond acceptors (Lipinski definition) is 2. The Bertz CT molecular complexity index is 215. The minimum Gasteiger partial charge on any atom is -0.549 e. The molecule has 1 rings (SSSR count). The average molecular weight is 230 g/mol. The van der Waals surface area contributed by atoms with Crippen LogP contribution in [0.1, 0.15) is 12.8 Å². The number of hydrogen-bond donors (Lipinski definition) is 0. The van der Waals surface area contributed by atoms with Crippen molar-refractivity contribution >= 4 is 16.6 Å². The van der Waals surface area contributed by atoms with Crippen molar-refractivity contribution in [3.8, 4) is 0 Å². The van der Waals surface area contributed by atoms with E-state index in [1.54, 1.807) is 0 Å². The van der Waals surface area contributed by atoms with Crippen molar-refractivity contribution in [2.24, 2.45) is 0 Å². The largest absolute Gasteiger partial charge is 0.549 e. The molecular formula is C10H22O2Si2. The molecule has 1 atom stereocenters. The van der Waals surface area contributed by atoms with Gasteiger partial charge in [-0.15, -0.1) is 0 Å².